The summed E-state index contributed by atoms with van der Waals surface area (Å²) in [5.74, 6) is -4.68. The zero-order valence-corrected chi connectivity index (χ0v) is 20.1. The van der Waals surface area contributed by atoms with E-state index in [2.05, 4.69) is 5.32 Å². The van der Waals surface area contributed by atoms with E-state index in [4.69, 9.17) is 0 Å². The summed E-state index contributed by atoms with van der Waals surface area (Å²) < 4.78 is 28.4. The number of carbonyl (C=O) groups excluding carboxylic acids is 3. The predicted octanol–water partition coefficient (Wildman–Crippen LogP) is 1.46. The highest BCUT2D eigenvalue weighted by molar-refractivity contribution is 6.00. The molecule has 4 rings (SSSR count). The highest BCUT2D eigenvalue weighted by atomic mass is 35.5. The van der Waals surface area contributed by atoms with Crippen LogP contribution in [0.25, 0.3) is 0 Å². The van der Waals surface area contributed by atoms with Gasteiger partial charge in [-0.05, 0) is 19.4 Å². The fourth-order valence-corrected chi connectivity index (χ4v) is 4.50. The number of hydrogen-bond donors (Lipinski definition) is 2. The molecule has 1 spiro atoms. The number of likely N-dealkylation sites (N-methyl/N-ethyl adjacent to an activating group) is 1. The molecule has 2 heterocycles. The highest BCUT2D eigenvalue weighted by Crippen LogP contribution is 2.54. The normalized spacial score (nSPS) is 20.2. The van der Waals surface area contributed by atoms with Crippen molar-refractivity contribution >= 4 is 30.1 Å². The van der Waals surface area contributed by atoms with Crippen LogP contribution >= 0.6 is 12.4 Å². The maximum atomic E-state index is 13.9. The first kappa shape index (κ1) is 26.1. The lowest BCUT2D eigenvalue weighted by molar-refractivity contribution is -0.131. The fraction of sp³-hybridized carbons (Fsp3) is 0.391. The highest BCUT2D eigenvalue weighted by Gasteiger charge is 2.64. The van der Waals surface area contributed by atoms with Gasteiger partial charge in [0.15, 0.2) is 11.4 Å². The minimum absolute atomic E-state index is 0. The number of amides is 3. The number of rotatable bonds is 5. The number of nitrogens with zero attached hydrogens (tertiary/aromatic N) is 3. The Hall–Kier alpha value is -3.47. The lowest BCUT2D eigenvalue weighted by Crippen LogP contribution is -2.50. The van der Waals surface area contributed by atoms with Gasteiger partial charge in [-0.15, -0.1) is 12.4 Å². The molecule has 35 heavy (non-hydrogen) atoms. The molecule has 12 heteroatoms. The number of aromatic hydroxyl groups is 1. The molecule has 2 aliphatic rings. The Labute approximate surface area is 205 Å². The first-order valence-electron chi connectivity index (χ1n) is 10.7. The molecule has 2 aromatic rings. The van der Waals surface area contributed by atoms with E-state index in [1.165, 1.54) is 20.6 Å². The summed E-state index contributed by atoms with van der Waals surface area (Å²) in [5.41, 5.74) is -2.68. The van der Waals surface area contributed by atoms with Gasteiger partial charge in [-0.3, -0.25) is 19.2 Å². The van der Waals surface area contributed by atoms with Gasteiger partial charge >= 0.3 is 0 Å². The Balaban J connectivity index is 0.00000342. The van der Waals surface area contributed by atoms with Gasteiger partial charge in [-0.25, -0.2) is 8.78 Å². The lowest BCUT2D eigenvalue weighted by Gasteiger charge is -2.37. The van der Waals surface area contributed by atoms with Crippen molar-refractivity contribution in [2.24, 2.45) is 5.92 Å². The van der Waals surface area contributed by atoms with Gasteiger partial charge in [0.2, 0.25) is 11.3 Å². The molecule has 1 aliphatic carbocycles. The summed E-state index contributed by atoms with van der Waals surface area (Å²) in [7, 11) is 3.22. The van der Waals surface area contributed by atoms with Crippen molar-refractivity contribution in [3.63, 3.8) is 0 Å². The van der Waals surface area contributed by atoms with Crippen molar-refractivity contribution in [1.29, 1.82) is 0 Å². The summed E-state index contributed by atoms with van der Waals surface area (Å²) in [4.78, 5) is 54.1. The Bertz CT molecular complexity index is 1280. The molecule has 2 unspecified atom stereocenters. The topological polar surface area (TPSA) is 112 Å². The van der Waals surface area contributed by atoms with Gasteiger partial charge in [0.05, 0.1) is 11.5 Å². The van der Waals surface area contributed by atoms with Crippen molar-refractivity contribution < 1.29 is 28.3 Å². The van der Waals surface area contributed by atoms with Gasteiger partial charge in [0.25, 0.3) is 11.8 Å². The molecule has 1 aromatic carbocycles. The summed E-state index contributed by atoms with van der Waals surface area (Å²) in [6.45, 7) is 1.91. The Morgan fingerprint density at radius 3 is 2.54 bits per heavy atom. The summed E-state index contributed by atoms with van der Waals surface area (Å²) in [6, 6.07) is 2.87. The number of pyridine rings is 1. The second-order valence-electron chi connectivity index (χ2n) is 8.77. The van der Waals surface area contributed by atoms with Crippen LogP contribution in [0.4, 0.5) is 8.78 Å². The molecule has 188 valence electrons. The first-order valence-corrected chi connectivity index (χ1v) is 10.7. The van der Waals surface area contributed by atoms with Crippen molar-refractivity contribution in [3.05, 3.63) is 63.1 Å². The predicted molar refractivity (Wildman–Crippen MR) is 123 cm³/mol. The maximum Gasteiger partial charge on any atom is 0.274 e. The molecule has 1 aromatic heterocycles. The van der Waals surface area contributed by atoms with E-state index < -0.39 is 51.6 Å². The van der Waals surface area contributed by atoms with Gasteiger partial charge in [-0.1, -0.05) is 6.07 Å². The quantitative estimate of drug-likeness (QED) is 0.632. The summed E-state index contributed by atoms with van der Waals surface area (Å²) in [6.07, 6.45) is 1.55. The van der Waals surface area contributed by atoms with Crippen LogP contribution in [0.1, 0.15) is 39.8 Å². The number of nitrogens with one attached hydrogen (secondary N) is 1. The van der Waals surface area contributed by atoms with Crippen LogP contribution in [0.5, 0.6) is 5.75 Å². The van der Waals surface area contributed by atoms with E-state index in [0.717, 1.165) is 12.1 Å². The maximum absolute atomic E-state index is 13.9. The second kappa shape index (κ2) is 9.29. The van der Waals surface area contributed by atoms with E-state index in [1.807, 2.05) is 0 Å². The largest absolute Gasteiger partial charge is 0.503 e. The molecule has 2 atom stereocenters. The Morgan fingerprint density at radius 1 is 1.26 bits per heavy atom. The number of halogens is 3. The molecule has 0 bridgehead atoms. The lowest BCUT2D eigenvalue weighted by atomic mass is 10.0. The molecule has 1 saturated carbocycles. The minimum Gasteiger partial charge on any atom is -0.503 e. The Kier molecular flexibility index (Phi) is 6.94. The molecule has 1 aliphatic heterocycles. The SMILES string of the molecule is CCN1CC2(CC2C(=O)N(C)C)n2cc(C(=O)NCc3ccc(F)cc3F)c(=O)c(O)c2C1=O.Cl. The third kappa shape index (κ3) is 4.24. The fourth-order valence-electron chi connectivity index (χ4n) is 4.50. The molecule has 0 radical (unpaired) electrons. The van der Waals surface area contributed by atoms with Crippen molar-refractivity contribution in [1.82, 2.24) is 19.7 Å². The third-order valence-electron chi connectivity index (χ3n) is 6.48. The summed E-state index contributed by atoms with van der Waals surface area (Å²) >= 11 is 0. The first-order chi connectivity index (χ1) is 16.0. The van der Waals surface area contributed by atoms with Crippen LogP contribution in [0, 0.1) is 17.6 Å². The number of benzene rings is 1. The number of fused-ring (bicyclic) bond motifs is 2. The standard InChI is InChI=1S/C23H24F2N4O5.ClH/c1-4-28-11-23(8-15(23)21(33)27(2)3)29-10-14(18(30)19(31)17(29)22(28)34)20(32)26-9-12-5-6-13(24)7-16(12)25;/h5-7,10,15,31H,4,8-9,11H2,1-3H3,(H,26,32);1H. The average Bonchev–Trinajstić information content (AvgIpc) is 3.51. The molecular weight excluding hydrogens is 486 g/mol. The van der Waals surface area contributed by atoms with Gasteiger partial charge in [0.1, 0.15) is 17.2 Å². The van der Waals surface area contributed by atoms with Crippen molar-refractivity contribution in [2.45, 2.75) is 25.4 Å². The molecule has 3 amide bonds. The number of hydrogen-bond acceptors (Lipinski definition) is 5. The smallest absolute Gasteiger partial charge is 0.274 e. The molecule has 0 saturated heterocycles. The van der Waals surface area contributed by atoms with Crippen molar-refractivity contribution in [3.8, 4) is 5.75 Å². The minimum atomic E-state index is -1.05. The van der Waals surface area contributed by atoms with Gasteiger partial charge in [-0.2, -0.15) is 0 Å². The number of carbonyl (C=O) groups is 3. The zero-order valence-electron chi connectivity index (χ0n) is 19.3. The summed E-state index contributed by atoms with van der Waals surface area (Å²) in [5, 5.41) is 13.0. The van der Waals surface area contributed by atoms with E-state index in [-0.39, 0.29) is 42.7 Å². The van der Waals surface area contributed by atoms with Crippen molar-refractivity contribution in [2.75, 3.05) is 27.2 Å². The Morgan fingerprint density at radius 2 is 1.94 bits per heavy atom. The third-order valence-corrected chi connectivity index (χ3v) is 6.48. The molecule has 1 fully saturated rings. The van der Waals surface area contributed by atoms with E-state index in [9.17, 15) is 33.1 Å². The van der Waals surface area contributed by atoms with Crippen LogP contribution in [0.3, 0.4) is 0 Å². The molecular formula is C23H25ClF2N4O5. The van der Waals surface area contributed by atoms with E-state index in [1.54, 1.807) is 21.0 Å². The van der Waals surface area contributed by atoms with Gasteiger partial charge in [0, 0.05) is 51.6 Å². The van der Waals surface area contributed by atoms with E-state index in [0.29, 0.717) is 19.0 Å². The van der Waals surface area contributed by atoms with Crippen LogP contribution < -0.4 is 10.7 Å². The van der Waals surface area contributed by atoms with Gasteiger partial charge < -0.3 is 24.8 Å². The van der Waals surface area contributed by atoms with Crippen LogP contribution in [-0.2, 0) is 16.9 Å². The van der Waals surface area contributed by atoms with E-state index >= 15 is 0 Å². The molecule has 9 nitrogen and oxygen atoms in total. The second-order valence-corrected chi connectivity index (χ2v) is 8.77. The van der Waals surface area contributed by atoms with Crippen LogP contribution in [0.15, 0.2) is 29.2 Å². The van der Waals surface area contributed by atoms with Crippen LogP contribution in [0.2, 0.25) is 0 Å². The van der Waals surface area contributed by atoms with Crippen LogP contribution in [-0.4, -0.2) is 64.4 Å². The number of aromatic nitrogens is 1. The zero-order chi connectivity index (χ0) is 24.9. The molecule has 2 N–H and O–H groups in total. The average molecular weight is 511 g/mol. The monoisotopic (exact) mass is 510 g/mol.